The van der Waals surface area contributed by atoms with Gasteiger partial charge in [0.25, 0.3) is 0 Å². The van der Waals surface area contributed by atoms with Crippen molar-refractivity contribution in [2.24, 2.45) is 0 Å². The number of hydrogen-bond donors (Lipinski definition) is 1. The van der Waals surface area contributed by atoms with Crippen LogP contribution in [0.1, 0.15) is 31.9 Å². The number of alkyl carbamates (subject to hydrolysis) is 1. The van der Waals surface area contributed by atoms with Crippen molar-refractivity contribution in [2.45, 2.75) is 70.7 Å². The van der Waals surface area contributed by atoms with E-state index in [9.17, 15) is 24.0 Å². The van der Waals surface area contributed by atoms with Gasteiger partial charge >= 0.3 is 30.2 Å². The van der Waals surface area contributed by atoms with Crippen molar-refractivity contribution in [3.63, 3.8) is 0 Å². The maximum absolute atomic E-state index is 13.2. The number of rotatable bonds is 13. The Bertz CT molecular complexity index is 1260. The molecular weight excluding hydrogens is 582 g/mol. The van der Waals surface area contributed by atoms with Gasteiger partial charge in [-0.2, -0.15) is 0 Å². The zero-order chi connectivity index (χ0) is 32.1. The number of hydrogen-bond acceptors (Lipinski definition) is 13. The van der Waals surface area contributed by atoms with Gasteiger partial charge < -0.3 is 43.2 Å². The predicted octanol–water partition coefficient (Wildman–Crippen LogP) is 2.80. The molecule has 2 aromatic rings. The molecule has 0 radical (unpaired) electrons. The molecule has 2 aromatic carbocycles. The minimum atomic E-state index is -1.78. The average Bonchev–Trinajstić information content (AvgIpc) is 3.33. The van der Waals surface area contributed by atoms with Gasteiger partial charge in [-0.05, 0) is 18.1 Å². The summed E-state index contributed by atoms with van der Waals surface area (Å²) in [5.74, 6) is -2.62. The van der Waals surface area contributed by atoms with Crippen LogP contribution in [0.5, 0.6) is 0 Å². The maximum Gasteiger partial charge on any atom is 0.509 e. The highest BCUT2D eigenvalue weighted by Gasteiger charge is 2.57. The summed E-state index contributed by atoms with van der Waals surface area (Å²) in [7, 11) is 1.24. The van der Waals surface area contributed by atoms with Gasteiger partial charge in [0.1, 0.15) is 19.3 Å². The van der Waals surface area contributed by atoms with E-state index in [4.69, 9.17) is 37.9 Å². The van der Waals surface area contributed by atoms with E-state index in [1.807, 2.05) is 0 Å². The molecular formula is C30H35NO13. The molecule has 44 heavy (non-hydrogen) atoms. The molecule has 3 rings (SSSR count). The van der Waals surface area contributed by atoms with Gasteiger partial charge in [0, 0.05) is 21.0 Å². The molecule has 1 saturated heterocycles. The number of amides is 1. The molecule has 0 aromatic heterocycles. The normalized spacial score (nSPS) is 20.4. The Kier molecular flexibility index (Phi) is 12.9. The fourth-order valence-corrected chi connectivity index (χ4v) is 4.33. The summed E-state index contributed by atoms with van der Waals surface area (Å²) >= 11 is 0. The molecule has 4 unspecified atom stereocenters. The van der Waals surface area contributed by atoms with E-state index >= 15 is 0 Å². The topological polar surface area (TPSA) is 171 Å². The third kappa shape index (κ3) is 9.95. The predicted molar refractivity (Wildman–Crippen MR) is 148 cm³/mol. The molecule has 0 aliphatic carbocycles. The fraction of sp³-hybridized carbons (Fsp3) is 0.433. The van der Waals surface area contributed by atoms with Crippen LogP contribution in [0.15, 0.2) is 60.7 Å². The highest BCUT2D eigenvalue weighted by molar-refractivity contribution is 5.82. The molecule has 1 aliphatic rings. The van der Waals surface area contributed by atoms with Gasteiger partial charge in [0.15, 0.2) is 30.6 Å². The maximum atomic E-state index is 13.2. The quantitative estimate of drug-likeness (QED) is 0.257. The van der Waals surface area contributed by atoms with Gasteiger partial charge in [-0.1, -0.05) is 60.7 Å². The molecule has 6 atom stereocenters. The third-order valence-electron chi connectivity index (χ3n) is 6.15. The molecule has 0 bridgehead atoms. The van der Waals surface area contributed by atoms with Crippen LogP contribution in [0, 0.1) is 0 Å². The number of nitrogens with one attached hydrogen (secondary N) is 1. The standard InChI is InChI=1S/C30H35NO13/c1-5-38-27(34)22(31-29(35)39-16-20-12-8-6-9-13-20)23(44-30(36)40-17-21-14-10-7-11-15-21)24-25(41-18(2)32)26(42-19(3)33)28(37-4)43-24/h6-15,22-26,28H,5,16-17H2,1-4H3,(H,31,35)/t22?,23?,24-,25?,26?,28-/m1/s1. The molecule has 1 aliphatic heterocycles. The monoisotopic (exact) mass is 617 g/mol. The molecule has 1 fully saturated rings. The van der Waals surface area contributed by atoms with Crippen molar-refractivity contribution >= 4 is 30.2 Å². The molecule has 14 heteroatoms. The van der Waals surface area contributed by atoms with Crippen molar-refractivity contribution in [2.75, 3.05) is 13.7 Å². The highest BCUT2D eigenvalue weighted by Crippen LogP contribution is 2.32. The Morgan fingerprint density at radius 2 is 1.34 bits per heavy atom. The number of ether oxygens (including phenoxy) is 8. The Morgan fingerprint density at radius 1 is 0.795 bits per heavy atom. The van der Waals surface area contributed by atoms with Crippen LogP contribution in [-0.2, 0) is 65.5 Å². The van der Waals surface area contributed by atoms with Gasteiger partial charge in [-0.25, -0.2) is 14.4 Å². The molecule has 1 heterocycles. The minimum absolute atomic E-state index is 0.114. The average molecular weight is 618 g/mol. The fourth-order valence-electron chi connectivity index (χ4n) is 4.33. The molecule has 1 N–H and O–H groups in total. The first-order valence-corrected chi connectivity index (χ1v) is 13.7. The molecule has 238 valence electrons. The third-order valence-corrected chi connectivity index (χ3v) is 6.15. The lowest BCUT2D eigenvalue weighted by atomic mass is 9.99. The van der Waals surface area contributed by atoms with E-state index in [1.54, 1.807) is 60.7 Å². The Morgan fingerprint density at radius 3 is 1.86 bits per heavy atom. The minimum Gasteiger partial charge on any atom is -0.464 e. The van der Waals surface area contributed by atoms with Crippen molar-refractivity contribution in [3.05, 3.63) is 71.8 Å². The lowest BCUT2D eigenvalue weighted by molar-refractivity contribution is -0.185. The summed E-state index contributed by atoms with van der Waals surface area (Å²) in [5, 5.41) is 2.35. The highest BCUT2D eigenvalue weighted by atomic mass is 16.8. The summed E-state index contributed by atoms with van der Waals surface area (Å²) in [5.41, 5.74) is 1.30. The number of benzene rings is 2. The van der Waals surface area contributed by atoms with Crippen molar-refractivity contribution in [1.29, 1.82) is 0 Å². The van der Waals surface area contributed by atoms with E-state index in [2.05, 4.69) is 5.32 Å². The second kappa shape index (κ2) is 16.8. The number of carbonyl (C=O) groups excluding carboxylic acids is 5. The van der Waals surface area contributed by atoms with Crippen LogP contribution in [0.4, 0.5) is 9.59 Å². The second-order valence-electron chi connectivity index (χ2n) is 9.40. The first-order chi connectivity index (χ1) is 21.1. The number of methoxy groups -OCH3 is 1. The zero-order valence-corrected chi connectivity index (χ0v) is 24.7. The first kappa shape index (κ1) is 33.8. The lowest BCUT2D eigenvalue weighted by Crippen LogP contribution is -2.58. The van der Waals surface area contributed by atoms with Crippen molar-refractivity contribution in [1.82, 2.24) is 5.32 Å². The van der Waals surface area contributed by atoms with E-state index in [1.165, 1.54) is 14.0 Å². The van der Waals surface area contributed by atoms with Crippen LogP contribution in [-0.4, -0.2) is 80.6 Å². The zero-order valence-electron chi connectivity index (χ0n) is 24.7. The van der Waals surface area contributed by atoms with E-state index in [0.717, 1.165) is 13.8 Å². The van der Waals surface area contributed by atoms with Crippen LogP contribution in [0.2, 0.25) is 0 Å². The Balaban J connectivity index is 1.95. The van der Waals surface area contributed by atoms with E-state index in [0.29, 0.717) is 11.1 Å². The Hall–Kier alpha value is -4.69. The van der Waals surface area contributed by atoms with Crippen LogP contribution in [0.3, 0.4) is 0 Å². The molecule has 14 nitrogen and oxygen atoms in total. The molecule has 0 saturated carbocycles. The van der Waals surface area contributed by atoms with E-state index < -0.39 is 66.9 Å². The van der Waals surface area contributed by atoms with Crippen LogP contribution < -0.4 is 5.32 Å². The van der Waals surface area contributed by atoms with Crippen molar-refractivity contribution in [3.8, 4) is 0 Å². The van der Waals surface area contributed by atoms with Gasteiger partial charge in [-0.15, -0.1) is 0 Å². The second-order valence-corrected chi connectivity index (χ2v) is 9.40. The summed E-state index contributed by atoms with van der Waals surface area (Å²) < 4.78 is 43.1. The van der Waals surface area contributed by atoms with Gasteiger partial charge in [-0.3, -0.25) is 9.59 Å². The smallest absolute Gasteiger partial charge is 0.464 e. The molecule has 0 spiro atoms. The Labute approximate surface area is 253 Å². The first-order valence-electron chi connectivity index (χ1n) is 13.7. The summed E-state index contributed by atoms with van der Waals surface area (Å²) in [6.45, 7) is 3.27. The largest absolute Gasteiger partial charge is 0.509 e. The summed E-state index contributed by atoms with van der Waals surface area (Å²) in [6, 6.07) is 15.6. The SMILES string of the molecule is CCOC(=O)C(NC(=O)OCc1ccccc1)C(OC(=O)OCc1ccccc1)[C@H]1O[C@@H](OC)C(OC(C)=O)C1OC(C)=O. The van der Waals surface area contributed by atoms with Gasteiger partial charge in [0.2, 0.25) is 0 Å². The molecule has 1 amide bonds. The lowest BCUT2D eigenvalue weighted by Gasteiger charge is -2.32. The van der Waals surface area contributed by atoms with Crippen LogP contribution in [0.25, 0.3) is 0 Å². The summed E-state index contributed by atoms with van der Waals surface area (Å²) in [4.78, 5) is 63.1. The number of carbonyl (C=O) groups is 5. The van der Waals surface area contributed by atoms with E-state index in [-0.39, 0.29) is 19.8 Å². The summed E-state index contributed by atoms with van der Waals surface area (Å²) in [6.07, 6.45) is -9.78. The number of esters is 3. The van der Waals surface area contributed by atoms with Crippen molar-refractivity contribution < 1.29 is 61.9 Å². The van der Waals surface area contributed by atoms with Gasteiger partial charge in [0.05, 0.1) is 6.61 Å². The van der Waals surface area contributed by atoms with Crippen LogP contribution >= 0.6 is 0 Å².